The minimum Gasteiger partial charge on any atom is -0.329 e. The molecule has 2 rings (SSSR count). The maximum atomic E-state index is 12.3. The van der Waals surface area contributed by atoms with Crippen molar-refractivity contribution in [2.75, 3.05) is 6.54 Å². The van der Waals surface area contributed by atoms with Crippen LogP contribution in [0.3, 0.4) is 0 Å². The van der Waals surface area contributed by atoms with Crippen LogP contribution in [0.4, 0.5) is 0 Å². The molecule has 20 heavy (non-hydrogen) atoms. The third-order valence-corrected chi connectivity index (χ3v) is 5.65. The van der Waals surface area contributed by atoms with E-state index >= 15 is 0 Å². The summed E-state index contributed by atoms with van der Waals surface area (Å²) in [7, 11) is -3.60. The van der Waals surface area contributed by atoms with Crippen molar-refractivity contribution in [3.05, 3.63) is 29.3 Å². The fourth-order valence-corrected chi connectivity index (χ4v) is 4.46. The molecule has 1 aliphatic rings. The molecule has 0 aliphatic heterocycles. The Kier molecular flexibility index (Phi) is 6.75. The maximum Gasteiger partial charge on any atom is 0.242 e. The Hall–Kier alpha value is -0.330. The number of nitrogens with one attached hydrogen (secondary N) is 1. The summed E-state index contributed by atoms with van der Waals surface area (Å²) in [6.07, 6.45) is 4.36. The summed E-state index contributed by atoms with van der Waals surface area (Å²) in [4.78, 5) is 0.119. The molecule has 4 nitrogen and oxygen atoms in total. The second-order valence-electron chi connectivity index (χ2n) is 4.94. The highest BCUT2D eigenvalue weighted by molar-refractivity contribution is 7.89. The summed E-state index contributed by atoms with van der Waals surface area (Å²) >= 11 is 5.94. The Balaban J connectivity index is 0.00000200. The lowest BCUT2D eigenvalue weighted by molar-refractivity contribution is 0.405. The average Bonchev–Trinajstić information content (AvgIpc) is 2.90. The standard InChI is InChI=1S/C13H19ClN2O2S.ClH/c14-11-7-3-4-8-13(11)19(17,18)16-12(9-15)10-5-1-2-6-10;/h3-4,7-8,10,12,16H,1-2,5-6,9,15H2;1H. The van der Waals surface area contributed by atoms with Gasteiger partial charge in [0.05, 0.1) is 5.02 Å². The van der Waals surface area contributed by atoms with E-state index in [0.29, 0.717) is 12.5 Å². The van der Waals surface area contributed by atoms with E-state index in [1.807, 2.05) is 0 Å². The monoisotopic (exact) mass is 338 g/mol. The van der Waals surface area contributed by atoms with Crippen LogP contribution >= 0.6 is 24.0 Å². The second kappa shape index (κ2) is 7.61. The van der Waals surface area contributed by atoms with E-state index in [-0.39, 0.29) is 28.4 Å². The largest absolute Gasteiger partial charge is 0.329 e. The van der Waals surface area contributed by atoms with Crippen molar-refractivity contribution in [2.24, 2.45) is 11.7 Å². The molecule has 0 aromatic heterocycles. The molecule has 0 saturated heterocycles. The van der Waals surface area contributed by atoms with Gasteiger partial charge in [-0.3, -0.25) is 0 Å². The van der Waals surface area contributed by atoms with E-state index in [2.05, 4.69) is 4.72 Å². The quantitative estimate of drug-likeness (QED) is 0.866. The van der Waals surface area contributed by atoms with Crippen LogP contribution in [0, 0.1) is 5.92 Å². The molecule has 1 aromatic carbocycles. The SMILES string of the molecule is Cl.NCC(NS(=O)(=O)c1ccccc1Cl)C1CCCC1. The zero-order valence-corrected chi connectivity index (χ0v) is 13.5. The summed E-state index contributed by atoms with van der Waals surface area (Å²) in [5.74, 6) is 0.335. The first kappa shape index (κ1) is 17.7. The van der Waals surface area contributed by atoms with Gasteiger partial charge in [0, 0.05) is 12.6 Å². The third-order valence-electron chi connectivity index (χ3n) is 3.66. The molecule has 7 heteroatoms. The van der Waals surface area contributed by atoms with Crippen LogP contribution in [0.25, 0.3) is 0 Å². The van der Waals surface area contributed by atoms with E-state index in [1.165, 1.54) is 6.07 Å². The van der Waals surface area contributed by atoms with Crippen molar-refractivity contribution in [2.45, 2.75) is 36.6 Å². The fraction of sp³-hybridized carbons (Fsp3) is 0.538. The molecule has 0 heterocycles. The summed E-state index contributed by atoms with van der Waals surface area (Å²) in [6.45, 7) is 0.314. The lowest BCUT2D eigenvalue weighted by Gasteiger charge is -2.23. The normalized spacial score (nSPS) is 17.7. The van der Waals surface area contributed by atoms with E-state index in [4.69, 9.17) is 17.3 Å². The molecule has 1 unspecified atom stereocenters. The Morgan fingerprint density at radius 1 is 1.30 bits per heavy atom. The van der Waals surface area contributed by atoms with Gasteiger partial charge in [-0.25, -0.2) is 13.1 Å². The lowest BCUT2D eigenvalue weighted by atomic mass is 9.99. The van der Waals surface area contributed by atoms with Crippen LogP contribution in [0.2, 0.25) is 5.02 Å². The molecular weight excluding hydrogens is 319 g/mol. The third kappa shape index (κ3) is 4.09. The molecule has 1 fully saturated rings. The first-order valence-corrected chi connectivity index (χ1v) is 8.37. The number of sulfonamides is 1. The molecule has 3 N–H and O–H groups in total. The molecule has 1 aliphatic carbocycles. The molecule has 0 bridgehead atoms. The van der Waals surface area contributed by atoms with E-state index in [1.54, 1.807) is 18.2 Å². The molecule has 114 valence electrons. The minimum absolute atomic E-state index is 0. The summed E-state index contributed by atoms with van der Waals surface area (Å²) in [5, 5.41) is 0.234. The summed E-state index contributed by atoms with van der Waals surface area (Å²) in [5.41, 5.74) is 5.72. The van der Waals surface area contributed by atoms with E-state index in [9.17, 15) is 8.42 Å². The van der Waals surface area contributed by atoms with Gasteiger partial charge in [-0.2, -0.15) is 0 Å². The molecule has 1 atom stereocenters. The van der Waals surface area contributed by atoms with Gasteiger partial charge in [-0.1, -0.05) is 36.6 Å². The Labute approximate surface area is 131 Å². The number of hydrogen-bond acceptors (Lipinski definition) is 3. The number of hydrogen-bond donors (Lipinski definition) is 2. The number of rotatable bonds is 5. The first-order valence-electron chi connectivity index (χ1n) is 6.51. The molecule has 1 saturated carbocycles. The van der Waals surface area contributed by atoms with Gasteiger partial charge in [0.25, 0.3) is 0 Å². The Morgan fingerprint density at radius 3 is 2.45 bits per heavy atom. The van der Waals surface area contributed by atoms with Crippen LogP contribution in [0.15, 0.2) is 29.2 Å². The van der Waals surface area contributed by atoms with Crippen LogP contribution < -0.4 is 10.5 Å². The molecule has 1 aromatic rings. The highest BCUT2D eigenvalue weighted by Crippen LogP contribution is 2.29. The maximum absolute atomic E-state index is 12.3. The molecule has 0 amide bonds. The van der Waals surface area contributed by atoms with Crippen LogP contribution in [0.5, 0.6) is 0 Å². The Bertz CT molecular complexity index is 531. The topological polar surface area (TPSA) is 72.2 Å². The van der Waals surface area contributed by atoms with Gasteiger partial charge >= 0.3 is 0 Å². The van der Waals surface area contributed by atoms with Gasteiger partial charge in [0.15, 0.2) is 0 Å². The smallest absolute Gasteiger partial charge is 0.242 e. The van der Waals surface area contributed by atoms with Crippen LogP contribution in [-0.4, -0.2) is 21.0 Å². The predicted octanol–water partition coefficient (Wildman–Crippen LogP) is 2.56. The average molecular weight is 339 g/mol. The Morgan fingerprint density at radius 2 is 1.90 bits per heavy atom. The van der Waals surface area contributed by atoms with Crippen LogP contribution in [-0.2, 0) is 10.0 Å². The van der Waals surface area contributed by atoms with Gasteiger partial charge in [0.2, 0.25) is 10.0 Å². The van der Waals surface area contributed by atoms with Crippen molar-refractivity contribution < 1.29 is 8.42 Å². The summed E-state index contributed by atoms with van der Waals surface area (Å²) in [6, 6.07) is 6.24. The zero-order chi connectivity index (χ0) is 13.9. The molecule has 0 spiro atoms. The van der Waals surface area contributed by atoms with Gasteiger partial charge in [0.1, 0.15) is 4.90 Å². The summed E-state index contributed by atoms with van der Waals surface area (Å²) < 4.78 is 27.4. The van der Waals surface area contributed by atoms with Crippen molar-refractivity contribution in [1.82, 2.24) is 4.72 Å². The predicted molar refractivity (Wildman–Crippen MR) is 83.8 cm³/mol. The van der Waals surface area contributed by atoms with Crippen molar-refractivity contribution in [3.8, 4) is 0 Å². The second-order valence-corrected chi connectivity index (χ2v) is 7.03. The first-order chi connectivity index (χ1) is 9.04. The van der Waals surface area contributed by atoms with Crippen LogP contribution in [0.1, 0.15) is 25.7 Å². The van der Waals surface area contributed by atoms with Crippen molar-refractivity contribution >= 4 is 34.0 Å². The highest BCUT2D eigenvalue weighted by atomic mass is 35.5. The fourth-order valence-electron chi connectivity index (χ4n) is 2.62. The van der Waals surface area contributed by atoms with Gasteiger partial charge in [-0.15, -0.1) is 12.4 Å². The minimum atomic E-state index is -3.60. The number of halogens is 2. The molecular formula is C13H20Cl2N2O2S. The zero-order valence-electron chi connectivity index (χ0n) is 11.1. The van der Waals surface area contributed by atoms with E-state index < -0.39 is 10.0 Å². The number of nitrogens with two attached hydrogens (primary N) is 1. The van der Waals surface area contributed by atoms with Crippen molar-refractivity contribution in [3.63, 3.8) is 0 Å². The highest BCUT2D eigenvalue weighted by Gasteiger charge is 2.29. The lowest BCUT2D eigenvalue weighted by Crippen LogP contribution is -2.44. The van der Waals surface area contributed by atoms with E-state index in [0.717, 1.165) is 25.7 Å². The molecule has 0 radical (unpaired) electrons. The number of benzene rings is 1. The van der Waals surface area contributed by atoms with Gasteiger partial charge < -0.3 is 5.73 Å². The van der Waals surface area contributed by atoms with Gasteiger partial charge in [-0.05, 0) is 30.9 Å². The van der Waals surface area contributed by atoms with Crippen molar-refractivity contribution in [1.29, 1.82) is 0 Å².